The average Bonchev–Trinajstić information content (AvgIpc) is 3.19. The summed E-state index contributed by atoms with van der Waals surface area (Å²) in [6, 6.07) is 15.3. The first-order chi connectivity index (χ1) is 14.9. The molecular weight excluding hydrogens is 410 g/mol. The molecule has 1 aliphatic rings. The maximum Gasteiger partial charge on any atom is 0.243 e. The van der Waals surface area contributed by atoms with Crippen LogP contribution in [0.2, 0.25) is 0 Å². The zero-order chi connectivity index (χ0) is 21.8. The summed E-state index contributed by atoms with van der Waals surface area (Å²) in [7, 11) is -3.45. The molecule has 31 heavy (non-hydrogen) atoms. The van der Waals surface area contributed by atoms with E-state index in [1.165, 1.54) is 5.56 Å². The van der Waals surface area contributed by atoms with E-state index in [1.807, 2.05) is 48.0 Å². The minimum atomic E-state index is -3.45. The van der Waals surface area contributed by atoms with E-state index in [4.69, 9.17) is 0 Å². The van der Waals surface area contributed by atoms with Crippen LogP contribution in [0.3, 0.4) is 0 Å². The molecule has 0 unspecified atom stereocenters. The molecule has 2 aromatic carbocycles. The molecule has 0 radical (unpaired) electrons. The summed E-state index contributed by atoms with van der Waals surface area (Å²) in [6.07, 6.45) is 5.21. The van der Waals surface area contributed by atoms with Crippen LogP contribution in [0.25, 0.3) is 10.9 Å². The SMILES string of the molecule is Cc1cccc(CNC(=O)CCn2ccc3cc(S(=O)(=O)N4CCCCC4)ccc32)c1. The average molecular weight is 440 g/mol. The van der Waals surface area contributed by atoms with Crippen LogP contribution in [-0.2, 0) is 27.9 Å². The topological polar surface area (TPSA) is 71.4 Å². The molecule has 0 spiro atoms. The van der Waals surface area contributed by atoms with E-state index in [0.29, 0.717) is 37.5 Å². The Hall–Kier alpha value is -2.64. The highest BCUT2D eigenvalue weighted by atomic mass is 32.2. The third-order valence-corrected chi connectivity index (χ3v) is 7.74. The third kappa shape index (κ3) is 4.99. The fourth-order valence-electron chi connectivity index (χ4n) is 4.12. The van der Waals surface area contributed by atoms with Crippen molar-refractivity contribution in [2.75, 3.05) is 13.1 Å². The first-order valence-electron chi connectivity index (χ1n) is 10.8. The summed E-state index contributed by atoms with van der Waals surface area (Å²) in [5, 5.41) is 3.84. The van der Waals surface area contributed by atoms with Crippen molar-refractivity contribution in [1.29, 1.82) is 0 Å². The maximum absolute atomic E-state index is 12.9. The predicted octanol–water partition coefficient (Wildman–Crippen LogP) is 3.83. The van der Waals surface area contributed by atoms with E-state index >= 15 is 0 Å². The van der Waals surface area contributed by atoms with E-state index in [2.05, 4.69) is 11.4 Å². The molecule has 1 amide bonds. The number of piperidine rings is 1. The fourth-order valence-corrected chi connectivity index (χ4v) is 5.67. The van der Waals surface area contributed by atoms with Gasteiger partial charge in [0.05, 0.1) is 4.90 Å². The van der Waals surface area contributed by atoms with E-state index in [9.17, 15) is 13.2 Å². The van der Waals surface area contributed by atoms with E-state index < -0.39 is 10.0 Å². The van der Waals surface area contributed by atoms with Crippen molar-refractivity contribution in [1.82, 2.24) is 14.2 Å². The highest BCUT2D eigenvalue weighted by molar-refractivity contribution is 7.89. The number of amides is 1. The lowest BCUT2D eigenvalue weighted by atomic mass is 10.1. The Morgan fingerprint density at radius 3 is 2.61 bits per heavy atom. The van der Waals surface area contributed by atoms with Gasteiger partial charge in [0.2, 0.25) is 15.9 Å². The van der Waals surface area contributed by atoms with Gasteiger partial charge in [-0.25, -0.2) is 8.42 Å². The van der Waals surface area contributed by atoms with Gasteiger partial charge in [0.25, 0.3) is 0 Å². The first-order valence-corrected chi connectivity index (χ1v) is 12.3. The molecule has 0 saturated carbocycles. The molecule has 0 atom stereocenters. The molecule has 2 heterocycles. The normalized spacial score (nSPS) is 15.3. The number of hydrogen-bond donors (Lipinski definition) is 1. The van der Waals surface area contributed by atoms with Crippen LogP contribution in [-0.4, -0.2) is 36.3 Å². The quantitative estimate of drug-likeness (QED) is 0.608. The van der Waals surface area contributed by atoms with Crippen LogP contribution in [0, 0.1) is 6.92 Å². The Labute approximate surface area is 183 Å². The van der Waals surface area contributed by atoms with Crippen molar-refractivity contribution in [2.45, 2.75) is 50.6 Å². The van der Waals surface area contributed by atoms with Crippen LogP contribution in [0.4, 0.5) is 0 Å². The predicted molar refractivity (Wildman–Crippen MR) is 122 cm³/mol. The third-order valence-electron chi connectivity index (χ3n) is 5.85. The number of carbonyl (C=O) groups excluding carboxylic acids is 1. The molecule has 0 aliphatic carbocycles. The lowest BCUT2D eigenvalue weighted by Crippen LogP contribution is -2.35. The Morgan fingerprint density at radius 1 is 1.03 bits per heavy atom. The van der Waals surface area contributed by atoms with E-state index in [0.717, 1.165) is 35.7 Å². The van der Waals surface area contributed by atoms with Gasteiger partial charge in [-0.2, -0.15) is 4.31 Å². The molecular formula is C24H29N3O3S. The zero-order valence-electron chi connectivity index (χ0n) is 17.9. The summed E-state index contributed by atoms with van der Waals surface area (Å²) < 4.78 is 29.4. The minimum absolute atomic E-state index is 0.00680. The van der Waals surface area contributed by atoms with Crippen LogP contribution in [0.5, 0.6) is 0 Å². The summed E-state index contributed by atoms with van der Waals surface area (Å²) in [4.78, 5) is 12.6. The van der Waals surface area contributed by atoms with Gasteiger partial charge in [-0.1, -0.05) is 36.2 Å². The molecule has 1 aromatic heterocycles. The molecule has 4 rings (SSSR count). The van der Waals surface area contributed by atoms with Crippen LogP contribution >= 0.6 is 0 Å². The second-order valence-electron chi connectivity index (χ2n) is 8.21. The van der Waals surface area contributed by atoms with Gasteiger partial charge in [-0.3, -0.25) is 4.79 Å². The summed E-state index contributed by atoms with van der Waals surface area (Å²) in [5.74, 6) is -0.00680. The van der Waals surface area contributed by atoms with Gasteiger partial charge >= 0.3 is 0 Å². The zero-order valence-corrected chi connectivity index (χ0v) is 18.7. The highest BCUT2D eigenvalue weighted by Gasteiger charge is 2.26. The second kappa shape index (κ2) is 9.24. The molecule has 7 heteroatoms. The smallest absolute Gasteiger partial charge is 0.243 e. The van der Waals surface area contributed by atoms with Crippen molar-refractivity contribution in [3.05, 3.63) is 65.9 Å². The minimum Gasteiger partial charge on any atom is -0.352 e. The Morgan fingerprint density at radius 2 is 1.84 bits per heavy atom. The number of sulfonamides is 1. The number of hydrogen-bond acceptors (Lipinski definition) is 3. The van der Waals surface area contributed by atoms with Gasteiger partial charge in [-0.15, -0.1) is 0 Å². The van der Waals surface area contributed by atoms with Crippen molar-refractivity contribution in [2.24, 2.45) is 0 Å². The van der Waals surface area contributed by atoms with Crippen molar-refractivity contribution in [3.8, 4) is 0 Å². The Kier molecular flexibility index (Phi) is 6.43. The lowest BCUT2D eigenvalue weighted by molar-refractivity contribution is -0.121. The van der Waals surface area contributed by atoms with Gasteiger partial charge in [0.1, 0.15) is 0 Å². The van der Waals surface area contributed by atoms with Crippen LogP contribution in [0.1, 0.15) is 36.8 Å². The number of benzene rings is 2. The summed E-state index contributed by atoms with van der Waals surface area (Å²) in [6.45, 7) is 4.29. The number of nitrogens with zero attached hydrogens (tertiary/aromatic N) is 2. The largest absolute Gasteiger partial charge is 0.352 e. The van der Waals surface area contributed by atoms with Crippen LogP contribution < -0.4 is 5.32 Å². The fraction of sp³-hybridized carbons (Fsp3) is 0.375. The van der Waals surface area contributed by atoms with Crippen molar-refractivity contribution >= 4 is 26.8 Å². The number of aromatic nitrogens is 1. The van der Waals surface area contributed by atoms with E-state index in [-0.39, 0.29) is 5.91 Å². The lowest BCUT2D eigenvalue weighted by Gasteiger charge is -2.25. The number of aryl methyl sites for hydroxylation is 2. The number of rotatable bonds is 7. The molecule has 164 valence electrons. The second-order valence-corrected chi connectivity index (χ2v) is 10.1. The molecule has 1 aliphatic heterocycles. The molecule has 1 saturated heterocycles. The highest BCUT2D eigenvalue weighted by Crippen LogP contribution is 2.25. The maximum atomic E-state index is 12.9. The Balaban J connectivity index is 1.39. The molecule has 6 nitrogen and oxygen atoms in total. The van der Waals surface area contributed by atoms with Gasteiger partial charge in [0, 0.05) is 49.7 Å². The van der Waals surface area contributed by atoms with Crippen molar-refractivity contribution in [3.63, 3.8) is 0 Å². The number of carbonyl (C=O) groups is 1. The molecule has 0 bridgehead atoms. The van der Waals surface area contributed by atoms with E-state index in [1.54, 1.807) is 16.4 Å². The standard InChI is InChI=1S/C24H29N3O3S/c1-19-6-5-7-20(16-19)18-25-24(28)11-15-26-14-10-21-17-22(8-9-23(21)26)31(29,30)27-12-3-2-4-13-27/h5-10,14,16-17H,2-4,11-13,15,18H2,1H3,(H,25,28). The van der Waals surface area contributed by atoms with Gasteiger partial charge in [-0.05, 0) is 49.6 Å². The Bertz CT molecular complexity index is 1180. The number of fused-ring (bicyclic) bond motifs is 1. The number of nitrogens with one attached hydrogen (secondary N) is 1. The monoisotopic (exact) mass is 439 g/mol. The molecule has 1 N–H and O–H groups in total. The summed E-state index contributed by atoms with van der Waals surface area (Å²) in [5.41, 5.74) is 3.19. The van der Waals surface area contributed by atoms with Crippen molar-refractivity contribution < 1.29 is 13.2 Å². The van der Waals surface area contributed by atoms with Crippen LogP contribution in [0.15, 0.2) is 59.6 Å². The molecule has 3 aromatic rings. The van der Waals surface area contributed by atoms with Gasteiger partial charge in [0.15, 0.2) is 0 Å². The molecule has 1 fully saturated rings. The van der Waals surface area contributed by atoms with Gasteiger partial charge < -0.3 is 9.88 Å². The first kappa shape index (κ1) is 21.6. The summed E-state index contributed by atoms with van der Waals surface area (Å²) >= 11 is 0.